The molecule has 4 aromatic carbocycles. The Morgan fingerprint density at radius 2 is 1.00 bits per heavy atom. The molecule has 8 nitrogen and oxygen atoms in total. The van der Waals surface area contributed by atoms with Gasteiger partial charge >= 0.3 is 0 Å². The third-order valence-corrected chi connectivity index (χ3v) is 10.2. The molecule has 2 fully saturated rings. The topological polar surface area (TPSA) is 70.7 Å². The van der Waals surface area contributed by atoms with E-state index in [0.29, 0.717) is 30.1 Å². The van der Waals surface area contributed by atoms with Gasteiger partial charge in [0.1, 0.15) is 29.3 Å². The normalized spacial score (nSPS) is 15.6. The maximum atomic E-state index is 13.4. The molecule has 16 heteroatoms. The number of halogens is 8. The fraction of sp³-hybridized carbons (Fsp3) is 0.429. The van der Waals surface area contributed by atoms with E-state index in [1.807, 2.05) is 48.5 Å². The Bertz CT molecular complexity index is 1840. The van der Waals surface area contributed by atoms with Crippen LogP contribution in [-0.2, 0) is 0 Å². The van der Waals surface area contributed by atoms with Crippen LogP contribution in [-0.4, -0.2) is 81.6 Å². The average molecular weight is 941 g/mol. The van der Waals surface area contributed by atoms with Gasteiger partial charge in [-0.1, -0.05) is 39.1 Å². The van der Waals surface area contributed by atoms with Gasteiger partial charge in [0.25, 0.3) is 0 Å². The number of ether oxygens (including phenoxy) is 6. The van der Waals surface area contributed by atoms with E-state index in [1.165, 1.54) is 14.2 Å². The molecule has 2 saturated heterocycles. The smallest absolute Gasteiger partial charge is 0.164 e. The molecule has 0 aliphatic carbocycles. The van der Waals surface area contributed by atoms with E-state index in [1.54, 1.807) is 0 Å². The number of likely N-dealkylation sites (tertiary alicyclic amines) is 1. The molecule has 0 atom stereocenters. The van der Waals surface area contributed by atoms with Crippen LogP contribution in [0.2, 0.25) is 10.0 Å². The van der Waals surface area contributed by atoms with Gasteiger partial charge in [-0.25, -0.2) is 17.6 Å². The van der Waals surface area contributed by atoms with E-state index in [9.17, 15) is 17.6 Å². The van der Waals surface area contributed by atoms with E-state index in [0.717, 1.165) is 92.6 Å². The summed E-state index contributed by atoms with van der Waals surface area (Å²) in [6.07, 6.45) is 3.86. The van der Waals surface area contributed by atoms with E-state index < -0.39 is 23.3 Å². The van der Waals surface area contributed by atoms with Gasteiger partial charge in [0.2, 0.25) is 0 Å². The molecule has 0 amide bonds. The number of hydrogen-bond acceptors (Lipinski definition) is 8. The van der Waals surface area contributed by atoms with Crippen LogP contribution < -0.4 is 33.7 Å². The van der Waals surface area contributed by atoms with Crippen LogP contribution in [0.5, 0.6) is 34.5 Å². The first kappa shape index (κ1) is 49.0. The summed E-state index contributed by atoms with van der Waals surface area (Å²) in [7, 11) is 2.76. The maximum Gasteiger partial charge on any atom is 0.164 e. The number of methoxy groups -OCH3 is 2. The summed E-state index contributed by atoms with van der Waals surface area (Å²) in [5, 5.41) is 5.37. The summed E-state index contributed by atoms with van der Waals surface area (Å²) in [6.45, 7) is 9.47. The first-order valence-electron chi connectivity index (χ1n) is 18.5. The van der Waals surface area contributed by atoms with Crippen molar-refractivity contribution in [3.63, 3.8) is 0 Å². The monoisotopic (exact) mass is 938 g/mol. The minimum Gasteiger partial charge on any atom is -0.493 e. The number of nitrogens with zero attached hydrogens (tertiary/aromatic N) is 1. The standard InChI is InChI=1S/C21H24ClF2NO3.C12H16ClNO.C9H9BrF2O2.ClH/c1-21(28-16-5-3-15(22)4-6-16)7-9-25(10-8-21)11-12-27-20-14-18(24)17(23)13-19(20)26-2;1-12(6-8-14-9-7-12)15-11-4-2-10(13)3-5-11;1-13-8-4-6(11)7(12)5-9(8)14-3-2-10;/h3-6,13-14H,7-12H2,1-2H3;2-5,14H,6-9H2,1H3;4-5H,2-3H2,1H3;1H. The Kier molecular flexibility index (Phi) is 20.3. The molecular formula is C42H50BrCl3F4N2O6. The van der Waals surface area contributed by atoms with Gasteiger partial charge in [0.15, 0.2) is 46.3 Å². The molecule has 2 aliphatic heterocycles. The van der Waals surface area contributed by atoms with Gasteiger partial charge in [-0.2, -0.15) is 0 Å². The first-order valence-corrected chi connectivity index (χ1v) is 20.3. The third-order valence-electron chi connectivity index (χ3n) is 9.34. The molecule has 2 heterocycles. The van der Waals surface area contributed by atoms with Gasteiger partial charge in [0.05, 0.1) is 20.8 Å². The number of benzene rings is 4. The predicted molar refractivity (Wildman–Crippen MR) is 227 cm³/mol. The van der Waals surface area contributed by atoms with Crippen LogP contribution in [0.1, 0.15) is 39.5 Å². The zero-order valence-electron chi connectivity index (χ0n) is 32.9. The van der Waals surface area contributed by atoms with E-state index in [-0.39, 0.29) is 46.6 Å². The van der Waals surface area contributed by atoms with E-state index in [4.69, 9.17) is 51.6 Å². The Labute approximate surface area is 362 Å². The highest BCUT2D eigenvalue weighted by Gasteiger charge is 2.32. The molecule has 4 aromatic rings. The largest absolute Gasteiger partial charge is 0.493 e. The Morgan fingerprint density at radius 3 is 1.40 bits per heavy atom. The second-order valence-corrected chi connectivity index (χ2v) is 15.5. The zero-order chi connectivity index (χ0) is 41.4. The van der Waals surface area contributed by atoms with Gasteiger partial charge < -0.3 is 33.7 Å². The van der Waals surface area contributed by atoms with Crippen LogP contribution >= 0.6 is 51.5 Å². The van der Waals surface area contributed by atoms with Crippen molar-refractivity contribution in [3.8, 4) is 34.5 Å². The average Bonchev–Trinajstić information content (AvgIpc) is 3.19. The highest BCUT2D eigenvalue weighted by atomic mass is 79.9. The predicted octanol–water partition coefficient (Wildman–Crippen LogP) is 11.0. The summed E-state index contributed by atoms with van der Waals surface area (Å²) >= 11 is 14.9. The Hall–Kier alpha value is -3.33. The van der Waals surface area contributed by atoms with Crippen molar-refractivity contribution < 1.29 is 46.0 Å². The molecule has 58 heavy (non-hydrogen) atoms. The SMILES string of the molecule is CC1(Oc2ccc(Cl)cc2)CCNCC1.COc1cc(F)c(F)cc1OCCBr.COc1cc(F)c(F)cc1OCCN1CCC(C)(Oc2ccc(Cl)cc2)CC1.Cl. The lowest BCUT2D eigenvalue weighted by molar-refractivity contribution is 0.0135. The second-order valence-electron chi connectivity index (χ2n) is 13.8. The molecule has 0 aromatic heterocycles. The van der Waals surface area contributed by atoms with Crippen molar-refractivity contribution in [1.82, 2.24) is 10.2 Å². The number of nitrogens with one attached hydrogen (secondary N) is 1. The molecule has 0 bridgehead atoms. The van der Waals surface area contributed by atoms with Crippen molar-refractivity contribution in [2.75, 3.05) is 65.5 Å². The van der Waals surface area contributed by atoms with Gasteiger partial charge in [-0.3, -0.25) is 4.90 Å². The molecular weight excluding hydrogens is 891 g/mol. The molecule has 320 valence electrons. The van der Waals surface area contributed by atoms with E-state index >= 15 is 0 Å². The first-order chi connectivity index (χ1) is 27.2. The number of piperidine rings is 2. The molecule has 0 spiro atoms. The molecule has 0 saturated carbocycles. The Morgan fingerprint density at radius 1 is 0.621 bits per heavy atom. The van der Waals surface area contributed by atoms with Crippen molar-refractivity contribution in [2.45, 2.75) is 50.7 Å². The van der Waals surface area contributed by atoms with Crippen molar-refractivity contribution in [3.05, 3.63) is 106 Å². The summed E-state index contributed by atoms with van der Waals surface area (Å²) in [5.41, 5.74) is -0.256. The fourth-order valence-electron chi connectivity index (χ4n) is 5.98. The lowest BCUT2D eigenvalue weighted by Gasteiger charge is -2.39. The van der Waals surface area contributed by atoms with Gasteiger partial charge in [0, 0.05) is 59.3 Å². The van der Waals surface area contributed by atoms with E-state index in [2.05, 4.69) is 40.0 Å². The molecule has 0 unspecified atom stereocenters. The van der Waals surface area contributed by atoms with Crippen molar-refractivity contribution in [2.24, 2.45) is 0 Å². The van der Waals surface area contributed by atoms with Crippen LogP contribution in [0.15, 0.2) is 72.8 Å². The third kappa shape index (κ3) is 15.7. The van der Waals surface area contributed by atoms with Gasteiger partial charge in [-0.15, -0.1) is 12.4 Å². The van der Waals surface area contributed by atoms with Gasteiger partial charge in [-0.05, 0) is 101 Å². The van der Waals surface area contributed by atoms with Crippen LogP contribution in [0, 0.1) is 23.3 Å². The summed E-state index contributed by atoms with van der Waals surface area (Å²) in [4.78, 5) is 2.26. The number of rotatable bonds is 13. The highest BCUT2D eigenvalue weighted by Crippen LogP contribution is 2.32. The lowest BCUT2D eigenvalue weighted by Crippen LogP contribution is -2.47. The summed E-state index contributed by atoms with van der Waals surface area (Å²) in [6, 6.07) is 18.9. The van der Waals surface area contributed by atoms with Crippen LogP contribution in [0.25, 0.3) is 0 Å². The number of hydrogen-bond donors (Lipinski definition) is 1. The lowest BCUT2D eigenvalue weighted by atomic mass is 9.93. The maximum absolute atomic E-state index is 13.4. The molecule has 6 rings (SSSR count). The number of alkyl halides is 1. The summed E-state index contributed by atoms with van der Waals surface area (Å²) < 4.78 is 85.0. The molecule has 1 N–H and O–H groups in total. The quantitative estimate of drug-likeness (QED) is 0.105. The van der Waals surface area contributed by atoms with Crippen molar-refractivity contribution >= 4 is 51.5 Å². The second kappa shape index (κ2) is 24.1. The minimum atomic E-state index is -0.958. The van der Waals surface area contributed by atoms with Crippen LogP contribution in [0.3, 0.4) is 0 Å². The fourth-order valence-corrected chi connectivity index (χ4v) is 6.40. The molecule has 0 radical (unpaired) electrons. The van der Waals surface area contributed by atoms with Crippen LogP contribution in [0.4, 0.5) is 17.6 Å². The van der Waals surface area contributed by atoms with Crippen molar-refractivity contribution in [1.29, 1.82) is 0 Å². The highest BCUT2D eigenvalue weighted by molar-refractivity contribution is 9.09. The Balaban J connectivity index is 0.000000254. The summed E-state index contributed by atoms with van der Waals surface area (Å²) in [5.74, 6) is -1.32. The zero-order valence-corrected chi connectivity index (χ0v) is 36.8. The molecule has 2 aliphatic rings. The minimum absolute atomic E-state index is 0.